The van der Waals surface area contributed by atoms with Crippen molar-refractivity contribution in [3.63, 3.8) is 0 Å². The van der Waals surface area contributed by atoms with Crippen molar-refractivity contribution in [3.8, 4) is 0 Å². The van der Waals surface area contributed by atoms with Crippen LogP contribution in [-0.4, -0.2) is 29.2 Å². The average Bonchev–Trinajstić information content (AvgIpc) is 2.18. The number of aliphatic carboxylic acids is 1. The van der Waals surface area contributed by atoms with Crippen molar-refractivity contribution in [3.05, 3.63) is 0 Å². The first-order chi connectivity index (χ1) is 7.33. The van der Waals surface area contributed by atoms with Gasteiger partial charge >= 0.3 is 12.0 Å². The smallest absolute Gasteiger partial charge is 0.328 e. The third-order valence-corrected chi connectivity index (χ3v) is 2.67. The van der Waals surface area contributed by atoms with Crippen LogP contribution < -0.4 is 10.6 Å². The van der Waals surface area contributed by atoms with Gasteiger partial charge in [-0.15, -0.1) is 0 Å². The van der Waals surface area contributed by atoms with Crippen molar-refractivity contribution in [2.75, 3.05) is 6.54 Å². The van der Waals surface area contributed by atoms with Crippen molar-refractivity contribution in [2.45, 2.75) is 46.1 Å². The molecule has 3 N–H and O–H groups in total. The Morgan fingerprint density at radius 1 is 1.25 bits per heavy atom. The molecular formula is C11H22N2O3. The van der Waals surface area contributed by atoms with Crippen LogP contribution in [0.4, 0.5) is 4.79 Å². The van der Waals surface area contributed by atoms with Crippen LogP contribution in [0.15, 0.2) is 0 Å². The second kappa shape index (κ2) is 6.35. The maximum Gasteiger partial charge on any atom is 0.328 e. The molecule has 0 aromatic heterocycles. The first-order valence-corrected chi connectivity index (χ1v) is 5.62. The van der Waals surface area contributed by atoms with Crippen molar-refractivity contribution in [1.82, 2.24) is 10.6 Å². The van der Waals surface area contributed by atoms with E-state index in [2.05, 4.69) is 24.5 Å². The van der Waals surface area contributed by atoms with Crippen molar-refractivity contribution in [1.29, 1.82) is 0 Å². The van der Waals surface area contributed by atoms with E-state index in [0.717, 1.165) is 12.8 Å². The van der Waals surface area contributed by atoms with Crippen LogP contribution in [0.3, 0.4) is 0 Å². The van der Waals surface area contributed by atoms with E-state index in [1.807, 2.05) is 0 Å². The third kappa shape index (κ3) is 5.00. The molecule has 0 bridgehead atoms. The van der Waals surface area contributed by atoms with E-state index in [0.29, 0.717) is 12.5 Å². The minimum Gasteiger partial charge on any atom is -0.480 e. The molecule has 0 aliphatic heterocycles. The Bertz CT molecular complexity index is 248. The molecule has 0 aromatic carbocycles. The molecule has 16 heavy (non-hydrogen) atoms. The van der Waals surface area contributed by atoms with Gasteiger partial charge in [0.2, 0.25) is 0 Å². The van der Waals surface area contributed by atoms with Gasteiger partial charge in [-0.2, -0.15) is 0 Å². The number of rotatable bonds is 6. The molecule has 0 heterocycles. The highest BCUT2D eigenvalue weighted by Gasteiger charge is 2.28. The molecule has 0 saturated carbocycles. The number of nitrogens with one attached hydrogen (secondary N) is 2. The molecule has 94 valence electrons. The summed E-state index contributed by atoms with van der Waals surface area (Å²) in [6.07, 6.45) is 2.00. The van der Waals surface area contributed by atoms with Crippen molar-refractivity contribution in [2.24, 2.45) is 5.92 Å². The molecule has 0 saturated heterocycles. The molecule has 0 unspecified atom stereocenters. The number of hydrogen-bond acceptors (Lipinski definition) is 2. The number of carbonyl (C=O) groups is 2. The molecule has 0 spiro atoms. The van der Waals surface area contributed by atoms with Crippen LogP contribution in [0.2, 0.25) is 0 Å². The van der Waals surface area contributed by atoms with Crippen LogP contribution in [0.25, 0.3) is 0 Å². The standard InChI is InChI=1S/C11H22N2O3/c1-5-8(6-2)7-12-10(16)13-11(3,4)9(14)15/h8H,5-7H2,1-4H3,(H,14,15)(H2,12,13,16). The van der Waals surface area contributed by atoms with Gasteiger partial charge in [0.25, 0.3) is 0 Å². The molecule has 0 aliphatic rings. The number of carbonyl (C=O) groups excluding carboxylic acids is 1. The zero-order valence-electron chi connectivity index (χ0n) is 10.5. The summed E-state index contributed by atoms with van der Waals surface area (Å²) in [7, 11) is 0. The minimum absolute atomic E-state index is 0.431. The zero-order valence-corrected chi connectivity index (χ0v) is 10.5. The fourth-order valence-corrected chi connectivity index (χ4v) is 1.20. The highest BCUT2D eigenvalue weighted by molar-refractivity contribution is 5.85. The second-order valence-electron chi connectivity index (χ2n) is 4.45. The third-order valence-electron chi connectivity index (χ3n) is 2.67. The molecule has 0 rings (SSSR count). The SMILES string of the molecule is CCC(CC)CNC(=O)NC(C)(C)C(=O)O. The van der Waals surface area contributed by atoms with Crippen LogP contribution in [0.5, 0.6) is 0 Å². The number of carboxylic acids is 1. The predicted molar refractivity (Wildman–Crippen MR) is 62.3 cm³/mol. The van der Waals surface area contributed by atoms with Crippen LogP contribution in [0.1, 0.15) is 40.5 Å². The quantitative estimate of drug-likeness (QED) is 0.648. The number of carboxylic acid groups (broad SMARTS) is 1. The Labute approximate surface area is 96.6 Å². The van der Waals surface area contributed by atoms with Gasteiger partial charge in [-0.05, 0) is 19.8 Å². The van der Waals surface area contributed by atoms with Gasteiger partial charge in [0.15, 0.2) is 0 Å². The average molecular weight is 230 g/mol. The van der Waals surface area contributed by atoms with Gasteiger partial charge in [-0.25, -0.2) is 9.59 Å². The fraction of sp³-hybridized carbons (Fsp3) is 0.818. The summed E-state index contributed by atoms with van der Waals surface area (Å²) in [5.74, 6) is -0.608. The molecular weight excluding hydrogens is 208 g/mol. The van der Waals surface area contributed by atoms with E-state index >= 15 is 0 Å². The summed E-state index contributed by atoms with van der Waals surface area (Å²) in [5, 5.41) is 13.9. The minimum atomic E-state index is -1.24. The van der Waals surface area contributed by atoms with Gasteiger partial charge in [-0.1, -0.05) is 26.7 Å². The molecule has 0 fully saturated rings. The summed E-state index contributed by atoms with van der Waals surface area (Å²) in [4.78, 5) is 22.2. The molecule has 0 radical (unpaired) electrons. The van der Waals surface area contributed by atoms with E-state index in [4.69, 9.17) is 5.11 Å². The fourth-order valence-electron chi connectivity index (χ4n) is 1.20. The van der Waals surface area contributed by atoms with Gasteiger partial charge in [-0.3, -0.25) is 0 Å². The summed E-state index contributed by atoms with van der Waals surface area (Å²) in [6.45, 7) is 7.61. The molecule has 5 heteroatoms. The molecule has 0 atom stereocenters. The molecule has 5 nitrogen and oxygen atoms in total. The van der Waals surface area contributed by atoms with E-state index in [1.165, 1.54) is 13.8 Å². The topological polar surface area (TPSA) is 78.4 Å². The Morgan fingerprint density at radius 3 is 2.12 bits per heavy atom. The van der Waals surface area contributed by atoms with Gasteiger partial charge < -0.3 is 15.7 Å². The first-order valence-electron chi connectivity index (χ1n) is 5.62. The lowest BCUT2D eigenvalue weighted by molar-refractivity contribution is -0.142. The lowest BCUT2D eigenvalue weighted by Crippen LogP contribution is -2.53. The lowest BCUT2D eigenvalue weighted by atomic mass is 10.0. The first kappa shape index (κ1) is 14.7. The van der Waals surface area contributed by atoms with Gasteiger partial charge in [0, 0.05) is 6.54 Å². The Kier molecular flexibility index (Phi) is 5.85. The summed E-state index contributed by atoms with van der Waals surface area (Å²) < 4.78 is 0. The van der Waals surface area contributed by atoms with Crippen molar-refractivity contribution < 1.29 is 14.7 Å². The maximum atomic E-state index is 11.4. The Balaban J connectivity index is 4.05. The number of urea groups is 1. The zero-order chi connectivity index (χ0) is 12.8. The highest BCUT2D eigenvalue weighted by atomic mass is 16.4. The van der Waals surface area contributed by atoms with E-state index < -0.39 is 17.5 Å². The normalized spacial score (nSPS) is 11.3. The summed E-state index contributed by atoms with van der Waals surface area (Å²) in [5.41, 5.74) is -1.24. The monoisotopic (exact) mass is 230 g/mol. The largest absolute Gasteiger partial charge is 0.480 e. The number of amides is 2. The number of hydrogen-bond donors (Lipinski definition) is 3. The highest BCUT2D eigenvalue weighted by Crippen LogP contribution is 2.05. The van der Waals surface area contributed by atoms with E-state index in [-0.39, 0.29) is 0 Å². The van der Waals surface area contributed by atoms with Gasteiger partial charge in [0.1, 0.15) is 5.54 Å². The predicted octanol–water partition coefficient (Wildman–Crippen LogP) is 1.58. The maximum absolute atomic E-state index is 11.4. The van der Waals surface area contributed by atoms with Crippen LogP contribution in [-0.2, 0) is 4.79 Å². The summed E-state index contributed by atoms with van der Waals surface area (Å²) >= 11 is 0. The van der Waals surface area contributed by atoms with Crippen molar-refractivity contribution >= 4 is 12.0 Å². The second-order valence-corrected chi connectivity index (χ2v) is 4.45. The van der Waals surface area contributed by atoms with Gasteiger partial charge in [0.05, 0.1) is 0 Å². The Hall–Kier alpha value is -1.26. The van der Waals surface area contributed by atoms with E-state index in [9.17, 15) is 9.59 Å². The van der Waals surface area contributed by atoms with Crippen LogP contribution >= 0.6 is 0 Å². The summed E-state index contributed by atoms with van der Waals surface area (Å²) in [6, 6.07) is -0.431. The molecule has 2 amide bonds. The lowest BCUT2D eigenvalue weighted by Gasteiger charge is -2.22. The Morgan fingerprint density at radius 2 is 1.75 bits per heavy atom. The van der Waals surface area contributed by atoms with Crippen LogP contribution in [0, 0.1) is 5.92 Å². The molecule has 0 aromatic rings. The van der Waals surface area contributed by atoms with E-state index in [1.54, 1.807) is 0 Å². The molecule has 0 aliphatic carbocycles.